The fourth-order valence-corrected chi connectivity index (χ4v) is 2.03. The topological polar surface area (TPSA) is 76.2 Å². The van der Waals surface area contributed by atoms with E-state index in [1.807, 2.05) is 0 Å². The molecule has 0 aliphatic carbocycles. The van der Waals surface area contributed by atoms with Crippen LogP contribution in [-0.4, -0.2) is 41.3 Å². The molecule has 7 heteroatoms. The van der Waals surface area contributed by atoms with E-state index < -0.39 is 18.1 Å². The van der Waals surface area contributed by atoms with E-state index in [-0.39, 0.29) is 19.8 Å². The standard InChI is InChI=1S/C14H16N2O5/c1-3-20-13(18)15-9-10-7-5-6-8-11(10)12(17)16(15)14(19)21-4-2/h5-8H,3-4,9H2,1-2H3. The lowest BCUT2D eigenvalue weighted by molar-refractivity contribution is -0.0196. The van der Waals surface area contributed by atoms with Crippen molar-refractivity contribution < 1.29 is 23.9 Å². The summed E-state index contributed by atoms with van der Waals surface area (Å²) >= 11 is 0. The summed E-state index contributed by atoms with van der Waals surface area (Å²) in [6.07, 6.45) is -1.67. The van der Waals surface area contributed by atoms with Crippen molar-refractivity contribution in [2.45, 2.75) is 20.4 Å². The summed E-state index contributed by atoms with van der Waals surface area (Å²) in [6, 6.07) is 6.78. The molecular weight excluding hydrogens is 276 g/mol. The van der Waals surface area contributed by atoms with Gasteiger partial charge in [-0.15, -0.1) is 5.01 Å². The molecule has 0 unspecified atom stereocenters. The summed E-state index contributed by atoms with van der Waals surface area (Å²) in [6.45, 7) is 3.57. The van der Waals surface area contributed by atoms with Crippen LogP contribution < -0.4 is 0 Å². The van der Waals surface area contributed by atoms with Crippen molar-refractivity contribution in [1.82, 2.24) is 10.0 Å². The Morgan fingerprint density at radius 3 is 2.38 bits per heavy atom. The van der Waals surface area contributed by atoms with Gasteiger partial charge in [0.1, 0.15) is 0 Å². The maximum absolute atomic E-state index is 12.4. The molecule has 21 heavy (non-hydrogen) atoms. The first-order valence-electron chi connectivity index (χ1n) is 6.63. The van der Waals surface area contributed by atoms with Gasteiger partial charge in [-0.1, -0.05) is 18.2 Å². The number of amides is 3. The molecule has 112 valence electrons. The third kappa shape index (κ3) is 2.81. The van der Waals surface area contributed by atoms with Crippen LogP contribution in [0.4, 0.5) is 9.59 Å². The molecule has 0 saturated heterocycles. The van der Waals surface area contributed by atoms with Gasteiger partial charge in [0.25, 0.3) is 5.91 Å². The molecule has 0 fully saturated rings. The second-order valence-electron chi connectivity index (χ2n) is 4.23. The second kappa shape index (κ2) is 6.25. The zero-order valence-corrected chi connectivity index (χ0v) is 11.9. The highest BCUT2D eigenvalue weighted by Gasteiger charge is 2.39. The molecule has 0 aromatic heterocycles. The Balaban J connectivity index is 2.39. The molecule has 2 rings (SSSR count). The van der Waals surface area contributed by atoms with E-state index in [0.29, 0.717) is 16.1 Å². The van der Waals surface area contributed by atoms with Crippen molar-refractivity contribution in [1.29, 1.82) is 0 Å². The molecule has 1 aromatic rings. The molecule has 0 bridgehead atoms. The quantitative estimate of drug-likeness (QED) is 0.835. The van der Waals surface area contributed by atoms with Crippen molar-refractivity contribution in [3.63, 3.8) is 0 Å². The van der Waals surface area contributed by atoms with Gasteiger partial charge in [0.2, 0.25) is 0 Å². The van der Waals surface area contributed by atoms with E-state index in [1.54, 1.807) is 38.1 Å². The average molecular weight is 292 g/mol. The predicted molar refractivity (Wildman–Crippen MR) is 72.2 cm³/mol. The maximum atomic E-state index is 12.4. The summed E-state index contributed by atoms with van der Waals surface area (Å²) in [4.78, 5) is 36.4. The molecule has 1 heterocycles. The predicted octanol–water partition coefficient (Wildman–Crippen LogP) is 2.17. The first-order valence-corrected chi connectivity index (χ1v) is 6.63. The number of carbonyl (C=O) groups is 3. The second-order valence-corrected chi connectivity index (χ2v) is 4.23. The smallest absolute Gasteiger partial charge is 0.436 e. The van der Waals surface area contributed by atoms with Gasteiger partial charge in [0.15, 0.2) is 0 Å². The Hall–Kier alpha value is -2.57. The molecular formula is C14H16N2O5. The Labute approximate surface area is 122 Å². The third-order valence-electron chi connectivity index (χ3n) is 2.92. The summed E-state index contributed by atoms with van der Waals surface area (Å²) in [7, 11) is 0. The highest BCUT2D eigenvalue weighted by atomic mass is 16.6. The van der Waals surface area contributed by atoms with Gasteiger partial charge in [-0.3, -0.25) is 4.79 Å². The van der Waals surface area contributed by atoms with Gasteiger partial charge >= 0.3 is 12.2 Å². The number of rotatable bonds is 2. The number of nitrogens with zero attached hydrogens (tertiary/aromatic N) is 2. The van der Waals surface area contributed by atoms with Crippen LogP contribution >= 0.6 is 0 Å². The SMILES string of the molecule is CCOC(=O)N1Cc2ccccc2C(=O)N1C(=O)OCC. The Kier molecular flexibility index (Phi) is 4.42. The minimum Gasteiger partial charge on any atom is -0.448 e. The highest BCUT2D eigenvalue weighted by molar-refractivity contribution is 6.05. The molecule has 7 nitrogen and oxygen atoms in total. The monoisotopic (exact) mass is 292 g/mol. The van der Waals surface area contributed by atoms with Gasteiger partial charge in [-0.05, 0) is 25.5 Å². The number of carbonyl (C=O) groups excluding carboxylic acids is 3. The van der Waals surface area contributed by atoms with Crippen molar-refractivity contribution in [2.75, 3.05) is 13.2 Å². The largest absolute Gasteiger partial charge is 0.448 e. The lowest BCUT2D eigenvalue weighted by atomic mass is 10.0. The van der Waals surface area contributed by atoms with Crippen molar-refractivity contribution >= 4 is 18.1 Å². The summed E-state index contributed by atoms with van der Waals surface area (Å²) in [5.74, 6) is -0.608. The summed E-state index contributed by atoms with van der Waals surface area (Å²) < 4.78 is 9.73. The van der Waals surface area contributed by atoms with Gasteiger partial charge in [0, 0.05) is 5.56 Å². The number of hydrogen-bond acceptors (Lipinski definition) is 5. The van der Waals surface area contributed by atoms with Gasteiger partial charge in [-0.25, -0.2) is 14.6 Å². The normalized spacial score (nSPS) is 13.7. The molecule has 0 spiro atoms. The lowest BCUT2D eigenvalue weighted by Crippen LogP contribution is -2.55. The fraction of sp³-hybridized carbons (Fsp3) is 0.357. The Bertz CT molecular complexity index is 572. The summed E-state index contributed by atoms with van der Waals surface area (Å²) in [5.41, 5.74) is 1.02. The maximum Gasteiger partial charge on any atom is 0.436 e. The van der Waals surface area contributed by atoms with E-state index in [4.69, 9.17) is 9.47 Å². The number of fused-ring (bicyclic) bond motifs is 1. The Morgan fingerprint density at radius 2 is 1.71 bits per heavy atom. The Morgan fingerprint density at radius 1 is 1.10 bits per heavy atom. The molecule has 1 aliphatic rings. The van der Waals surface area contributed by atoms with Crippen LogP contribution in [0.1, 0.15) is 29.8 Å². The number of ether oxygens (including phenoxy) is 2. The van der Waals surface area contributed by atoms with Gasteiger partial charge < -0.3 is 9.47 Å². The number of hydrogen-bond donors (Lipinski definition) is 0. The molecule has 1 aliphatic heterocycles. The molecule has 0 N–H and O–H groups in total. The third-order valence-corrected chi connectivity index (χ3v) is 2.92. The van der Waals surface area contributed by atoms with Gasteiger partial charge in [-0.2, -0.15) is 0 Å². The van der Waals surface area contributed by atoms with E-state index in [2.05, 4.69) is 0 Å². The van der Waals surface area contributed by atoms with E-state index >= 15 is 0 Å². The van der Waals surface area contributed by atoms with E-state index in [0.717, 1.165) is 5.01 Å². The van der Waals surface area contributed by atoms with Crippen LogP contribution in [0.15, 0.2) is 24.3 Å². The molecule has 3 amide bonds. The minimum absolute atomic E-state index is 0.0690. The molecule has 0 radical (unpaired) electrons. The number of hydrazine groups is 1. The molecule has 1 aromatic carbocycles. The van der Waals surface area contributed by atoms with Crippen molar-refractivity contribution in [3.8, 4) is 0 Å². The molecule has 0 atom stereocenters. The highest BCUT2D eigenvalue weighted by Crippen LogP contribution is 2.23. The van der Waals surface area contributed by atoms with Crippen molar-refractivity contribution in [3.05, 3.63) is 35.4 Å². The van der Waals surface area contributed by atoms with Crippen molar-refractivity contribution in [2.24, 2.45) is 0 Å². The van der Waals surface area contributed by atoms with Crippen LogP contribution in [0.25, 0.3) is 0 Å². The van der Waals surface area contributed by atoms with Crippen LogP contribution in [0, 0.1) is 0 Å². The van der Waals surface area contributed by atoms with Crippen LogP contribution in [-0.2, 0) is 16.0 Å². The van der Waals surface area contributed by atoms with Crippen LogP contribution in [0.2, 0.25) is 0 Å². The zero-order chi connectivity index (χ0) is 15.4. The first-order chi connectivity index (χ1) is 10.1. The number of benzene rings is 1. The van der Waals surface area contributed by atoms with Crippen LogP contribution in [0.5, 0.6) is 0 Å². The summed E-state index contributed by atoms with van der Waals surface area (Å²) in [5, 5.41) is 1.63. The van der Waals surface area contributed by atoms with Gasteiger partial charge in [0.05, 0.1) is 19.8 Å². The fourth-order valence-electron chi connectivity index (χ4n) is 2.03. The van der Waals surface area contributed by atoms with Crippen LogP contribution in [0.3, 0.4) is 0 Å². The molecule has 0 saturated carbocycles. The first kappa shape index (κ1) is 14.8. The number of imide groups is 1. The minimum atomic E-state index is -0.898. The average Bonchev–Trinajstić information content (AvgIpc) is 2.47. The zero-order valence-electron chi connectivity index (χ0n) is 11.9. The lowest BCUT2D eigenvalue weighted by Gasteiger charge is -2.35. The van der Waals surface area contributed by atoms with E-state index in [1.165, 1.54) is 0 Å². The van der Waals surface area contributed by atoms with E-state index in [9.17, 15) is 14.4 Å².